The molecule has 0 aromatic rings. The topological polar surface area (TPSA) is 0 Å². The molecule has 0 amide bonds. The number of hydrogen-bond acceptors (Lipinski definition) is 0. The van der Waals surface area contributed by atoms with Crippen LogP contribution in [0.4, 0.5) is 0 Å². The van der Waals surface area contributed by atoms with Crippen LogP contribution in [-0.2, 0) is 0 Å². The lowest BCUT2D eigenvalue weighted by molar-refractivity contribution is 0.904. The van der Waals surface area contributed by atoms with E-state index in [1.807, 2.05) is 50.3 Å². The standard InChI is InChI=1S/C21H26/c1-8-14-19(12-5)21(18(10-3)11-4)20(13-6)16-15-17(7)9-2/h8-16,21H,1-3,5-6H2,4,7H3/b17-15-,18-11+,19-14+,20-16+. The summed E-state index contributed by atoms with van der Waals surface area (Å²) in [6.45, 7) is 23.3. The lowest BCUT2D eigenvalue weighted by atomic mass is 9.83. The van der Waals surface area contributed by atoms with E-state index in [9.17, 15) is 0 Å². The van der Waals surface area contributed by atoms with Gasteiger partial charge >= 0.3 is 0 Å². The lowest BCUT2D eigenvalue weighted by Crippen LogP contribution is -2.08. The first-order valence-electron chi connectivity index (χ1n) is 6.96. The highest BCUT2D eigenvalue weighted by Gasteiger charge is 2.17. The molecular weight excluding hydrogens is 252 g/mol. The molecule has 0 rings (SSSR count). The number of allylic oxidation sites excluding steroid dienone is 13. The van der Waals surface area contributed by atoms with Gasteiger partial charge in [0.2, 0.25) is 0 Å². The molecule has 0 fully saturated rings. The van der Waals surface area contributed by atoms with Crippen LogP contribution in [0, 0.1) is 5.92 Å². The van der Waals surface area contributed by atoms with E-state index in [-0.39, 0.29) is 5.92 Å². The normalized spacial score (nSPS) is 15.1. The van der Waals surface area contributed by atoms with Crippen molar-refractivity contribution in [3.05, 3.63) is 110 Å². The molecule has 0 saturated carbocycles. The van der Waals surface area contributed by atoms with Crippen molar-refractivity contribution in [2.24, 2.45) is 5.92 Å². The Hall–Kier alpha value is -2.34. The van der Waals surface area contributed by atoms with Crippen LogP contribution in [0.1, 0.15) is 13.8 Å². The van der Waals surface area contributed by atoms with Gasteiger partial charge in [-0.05, 0) is 30.6 Å². The third-order valence-electron chi connectivity index (χ3n) is 3.21. The van der Waals surface area contributed by atoms with Crippen molar-refractivity contribution in [1.82, 2.24) is 0 Å². The summed E-state index contributed by atoms with van der Waals surface area (Å²) in [6, 6.07) is 0. The molecule has 0 N–H and O–H groups in total. The fraction of sp³-hybridized carbons (Fsp3) is 0.143. The molecule has 0 bridgehead atoms. The predicted octanol–water partition coefficient (Wildman–Crippen LogP) is 6.28. The maximum atomic E-state index is 3.94. The van der Waals surface area contributed by atoms with E-state index >= 15 is 0 Å². The van der Waals surface area contributed by atoms with Crippen LogP contribution >= 0.6 is 0 Å². The van der Waals surface area contributed by atoms with Gasteiger partial charge in [0.15, 0.2) is 0 Å². The predicted molar refractivity (Wildman–Crippen MR) is 98.2 cm³/mol. The first-order valence-corrected chi connectivity index (χ1v) is 6.96. The van der Waals surface area contributed by atoms with Gasteiger partial charge in [-0.25, -0.2) is 0 Å². The van der Waals surface area contributed by atoms with Crippen molar-refractivity contribution in [2.75, 3.05) is 0 Å². The first kappa shape index (κ1) is 18.7. The van der Waals surface area contributed by atoms with Gasteiger partial charge in [-0.2, -0.15) is 0 Å². The van der Waals surface area contributed by atoms with Crippen molar-refractivity contribution in [1.29, 1.82) is 0 Å². The first-order chi connectivity index (χ1) is 10.1. The molecule has 0 aliphatic rings. The average Bonchev–Trinajstić information content (AvgIpc) is 2.52. The minimum Gasteiger partial charge on any atom is -0.0991 e. The molecule has 0 aromatic carbocycles. The van der Waals surface area contributed by atoms with Crippen LogP contribution < -0.4 is 0 Å². The summed E-state index contributed by atoms with van der Waals surface area (Å²) in [4.78, 5) is 0. The lowest BCUT2D eigenvalue weighted by Gasteiger charge is -2.21. The Balaban J connectivity index is 6.09. The summed E-state index contributed by atoms with van der Waals surface area (Å²) in [5, 5.41) is 0. The molecule has 0 aliphatic heterocycles. The van der Waals surface area contributed by atoms with Crippen LogP contribution in [0.2, 0.25) is 0 Å². The van der Waals surface area contributed by atoms with Crippen molar-refractivity contribution in [3.63, 3.8) is 0 Å². The van der Waals surface area contributed by atoms with Gasteiger partial charge in [0.25, 0.3) is 0 Å². The second-order valence-corrected chi connectivity index (χ2v) is 4.52. The summed E-state index contributed by atoms with van der Waals surface area (Å²) in [7, 11) is 0. The van der Waals surface area contributed by atoms with Gasteiger partial charge in [0, 0.05) is 5.92 Å². The van der Waals surface area contributed by atoms with E-state index in [0.717, 1.165) is 22.3 Å². The van der Waals surface area contributed by atoms with Crippen molar-refractivity contribution >= 4 is 0 Å². The largest absolute Gasteiger partial charge is 0.0991 e. The maximum Gasteiger partial charge on any atom is 0.0336 e. The van der Waals surface area contributed by atoms with E-state index in [4.69, 9.17) is 0 Å². The van der Waals surface area contributed by atoms with E-state index in [0.29, 0.717) is 0 Å². The molecule has 0 aromatic heterocycles. The third kappa shape index (κ3) is 5.66. The van der Waals surface area contributed by atoms with E-state index < -0.39 is 0 Å². The van der Waals surface area contributed by atoms with Crippen LogP contribution in [0.3, 0.4) is 0 Å². The Morgan fingerprint density at radius 3 is 1.62 bits per heavy atom. The Morgan fingerprint density at radius 1 is 0.714 bits per heavy atom. The zero-order valence-corrected chi connectivity index (χ0v) is 13.3. The van der Waals surface area contributed by atoms with Gasteiger partial charge in [0.1, 0.15) is 0 Å². The molecule has 0 radical (unpaired) electrons. The quantitative estimate of drug-likeness (QED) is 0.435. The Labute approximate surface area is 130 Å². The fourth-order valence-electron chi connectivity index (χ4n) is 1.98. The second-order valence-electron chi connectivity index (χ2n) is 4.52. The van der Waals surface area contributed by atoms with Gasteiger partial charge < -0.3 is 0 Å². The zero-order valence-electron chi connectivity index (χ0n) is 13.3. The summed E-state index contributed by atoms with van der Waals surface area (Å²) < 4.78 is 0. The summed E-state index contributed by atoms with van der Waals surface area (Å²) in [6.07, 6.45) is 17.3. The van der Waals surface area contributed by atoms with Crippen LogP contribution in [0.15, 0.2) is 110 Å². The molecule has 0 heteroatoms. The molecule has 0 spiro atoms. The number of hydrogen-bond donors (Lipinski definition) is 0. The molecule has 110 valence electrons. The molecule has 21 heavy (non-hydrogen) atoms. The second kappa shape index (κ2) is 10.4. The highest BCUT2D eigenvalue weighted by atomic mass is 14.2. The minimum atomic E-state index is 0.0503. The molecular formula is C21H26. The summed E-state index contributed by atoms with van der Waals surface area (Å²) in [5.41, 5.74) is 4.35. The molecule has 0 heterocycles. The summed E-state index contributed by atoms with van der Waals surface area (Å²) >= 11 is 0. The molecule has 0 saturated heterocycles. The zero-order chi connectivity index (χ0) is 16.3. The van der Waals surface area contributed by atoms with E-state index in [1.54, 1.807) is 6.08 Å². The van der Waals surface area contributed by atoms with Crippen LogP contribution in [-0.4, -0.2) is 0 Å². The Kier molecular flexibility index (Phi) is 9.28. The fourth-order valence-corrected chi connectivity index (χ4v) is 1.98. The average molecular weight is 278 g/mol. The Morgan fingerprint density at radius 2 is 1.24 bits per heavy atom. The molecule has 0 aliphatic carbocycles. The van der Waals surface area contributed by atoms with Crippen molar-refractivity contribution in [3.8, 4) is 0 Å². The summed E-state index contributed by atoms with van der Waals surface area (Å²) in [5.74, 6) is 0.0503. The molecule has 1 atom stereocenters. The van der Waals surface area contributed by atoms with Crippen LogP contribution in [0.25, 0.3) is 0 Å². The van der Waals surface area contributed by atoms with Gasteiger partial charge in [-0.1, -0.05) is 93.2 Å². The Bertz CT molecular complexity index is 530. The third-order valence-corrected chi connectivity index (χ3v) is 3.21. The minimum absolute atomic E-state index is 0.0503. The van der Waals surface area contributed by atoms with Crippen molar-refractivity contribution < 1.29 is 0 Å². The highest BCUT2D eigenvalue weighted by molar-refractivity contribution is 5.47. The monoisotopic (exact) mass is 278 g/mol. The maximum absolute atomic E-state index is 3.94. The van der Waals surface area contributed by atoms with Crippen LogP contribution in [0.5, 0.6) is 0 Å². The van der Waals surface area contributed by atoms with Gasteiger partial charge in [0.05, 0.1) is 0 Å². The molecule has 1 unspecified atom stereocenters. The van der Waals surface area contributed by atoms with Gasteiger partial charge in [-0.3, -0.25) is 0 Å². The SMILES string of the molecule is C=C/C=C(\C=C)C(/C(C=C)=C/C)/C(C=C)=C/C=C(/C)C=C. The highest BCUT2D eigenvalue weighted by Crippen LogP contribution is 2.30. The number of rotatable bonds is 9. The van der Waals surface area contributed by atoms with E-state index in [2.05, 4.69) is 45.0 Å². The van der Waals surface area contributed by atoms with Gasteiger partial charge in [-0.15, -0.1) is 0 Å². The molecule has 0 nitrogen and oxygen atoms in total. The smallest absolute Gasteiger partial charge is 0.0336 e. The van der Waals surface area contributed by atoms with Crippen molar-refractivity contribution in [2.45, 2.75) is 13.8 Å². The van der Waals surface area contributed by atoms with E-state index in [1.165, 1.54) is 0 Å².